The summed E-state index contributed by atoms with van der Waals surface area (Å²) in [6.07, 6.45) is 5.48. The Morgan fingerprint density at radius 1 is 1.12 bits per heavy atom. The van der Waals surface area contributed by atoms with Crippen LogP contribution in [0, 0.1) is 0 Å². The summed E-state index contributed by atoms with van der Waals surface area (Å²) in [6.45, 7) is 4.83. The number of hydrogen-bond donors (Lipinski definition) is 1. The molecule has 92 valence electrons. The summed E-state index contributed by atoms with van der Waals surface area (Å²) in [5.41, 5.74) is 1.90. The third-order valence-electron chi connectivity index (χ3n) is 4.26. The second kappa shape index (κ2) is 4.79. The maximum atomic E-state index is 3.77. The number of rotatable bonds is 2. The van der Waals surface area contributed by atoms with E-state index in [9.17, 15) is 0 Å². The van der Waals surface area contributed by atoms with Crippen molar-refractivity contribution in [1.29, 1.82) is 0 Å². The number of hydrogen-bond acceptors (Lipinski definition) is 2. The van der Waals surface area contributed by atoms with Crippen molar-refractivity contribution in [2.45, 2.75) is 37.8 Å². The third kappa shape index (κ3) is 2.53. The first-order valence-corrected chi connectivity index (χ1v) is 6.88. The van der Waals surface area contributed by atoms with Gasteiger partial charge in [0.05, 0.1) is 0 Å². The molecule has 0 aromatic heterocycles. The Labute approximate surface area is 104 Å². The quantitative estimate of drug-likeness (QED) is 0.839. The normalized spacial score (nSPS) is 29.9. The summed E-state index contributed by atoms with van der Waals surface area (Å²) in [6, 6.07) is 10.8. The van der Waals surface area contributed by atoms with Crippen LogP contribution >= 0.6 is 0 Å². The lowest BCUT2D eigenvalue weighted by Gasteiger charge is -2.35. The molecule has 2 saturated heterocycles. The Hall–Kier alpha value is -0.860. The Bertz CT molecular complexity index is 354. The molecule has 0 aliphatic carbocycles. The highest BCUT2D eigenvalue weighted by atomic mass is 15.2. The molecule has 0 amide bonds. The predicted octanol–water partition coefficient (Wildman–Crippen LogP) is 2.40. The van der Waals surface area contributed by atoms with Gasteiger partial charge in [0.2, 0.25) is 0 Å². The molecule has 1 spiro atoms. The second-order valence-corrected chi connectivity index (χ2v) is 5.61. The molecule has 2 heteroatoms. The van der Waals surface area contributed by atoms with Crippen LogP contribution in [0.3, 0.4) is 0 Å². The Morgan fingerprint density at radius 2 is 2.00 bits per heavy atom. The van der Waals surface area contributed by atoms with Gasteiger partial charge < -0.3 is 5.32 Å². The van der Waals surface area contributed by atoms with Crippen LogP contribution < -0.4 is 5.32 Å². The smallest absolute Gasteiger partial charge is 0.0321 e. The minimum absolute atomic E-state index is 0.451. The van der Waals surface area contributed by atoms with Gasteiger partial charge in [-0.05, 0) is 31.4 Å². The van der Waals surface area contributed by atoms with Crippen LogP contribution in [0.2, 0.25) is 0 Å². The summed E-state index contributed by atoms with van der Waals surface area (Å²) in [7, 11) is 0. The van der Waals surface area contributed by atoms with E-state index in [1.54, 1.807) is 0 Å². The number of benzene rings is 1. The average molecular weight is 230 g/mol. The van der Waals surface area contributed by atoms with E-state index in [2.05, 4.69) is 40.5 Å². The molecule has 17 heavy (non-hydrogen) atoms. The van der Waals surface area contributed by atoms with Crippen molar-refractivity contribution >= 4 is 0 Å². The van der Waals surface area contributed by atoms with E-state index < -0.39 is 0 Å². The molecule has 0 unspecified atom stereocenters. The number of piperidine rings is 1. The minimum Gasteiger partial charge on any atom is -0.310 e. The number of likely N-dealkylation sites (tertiary alicyclic amines) is 1. The van der Waals surface area contributed by atoms with E-state index in [1.165, 1.54) is 50.9 Å². The lowest BCUT2D eigenvalue weighted by Crippen LogP contribution is -2.50. The van der Waals surface area contributed by atoms with Crippen LogP contribution in [0.25, 0.3) is 0 Å². The highest BCUT2D eigenvalue weighted by molar-refractivity contribution is 5.15. The second-order valence-electron chi connectivity index (χ2n) is 5.61. The Kier molecular flexibility index (Phi) is 3.17. The molecule has 2 aliphatic heterocycles. The molecular formula is C15H22N2. The van der Waals surface area contributed by atoms with E-state index in [4.69, 9.17) is 0 Å². The number of nitrogens with one attached hydrogen (secondary N) is 1. The van der Waals surface area contributed by atoms with Crippen molar-refractivity contribution in [1.82, 2.24) is 10.2 Å². The zero-order chi connectivity index (χ0) is 11.6. The van der Waals surface area contributed by atoms with Gasteiger partial charge in [-0.3, -0.25) is 4.90 Å². The highest BCUT2D eigenvalue weighted by Crippen LogP contribution is 2.30. The molecular weight excluding hydrogens is 208 g/mol. The van der Waals surface area contributed by atoms with E-state index in [1.807, 2.05) is 0 Å². The van der Waals surface area contributed by atoms with Crippen LogP contribution in [0.1, 0.15) is 31.2 Å². The zero-order valence-electron chi connectivity index (χ0n) is 10.5. The molecule has 0 radical (unpaired) electrons. The fraction of sp³-hybridized carbons (Fsp3) is 0.600. The lowest BCUT2D eigenvalue weighted by atomic mass is 9.88. The fourth-order valence-electron chi connectivity index (χ4n) is 3.31. The van der Waals surface area contributed by atoms with Crippen molar-refractivity contribution in [3.63, 3.8) is 0 Å². The molecule has 2 fully saturated rings. The molecule has 2 heterocycles. The summed E-state index contributed by atoms with van der Waals surface area (Å²) in [5.74, 6) is 0. The van der Waals surface area contributed by atoms with Gasteiger partial charge in [-0.25, -0.2) is 0 Å². The van der Waals surface area contributed by atoms with Crippen LogP contribution in [0.4, 0.5) is 0 Å². The van der Waals surface area contributed by atoms with Crippen LogP contribution in [-0.4, -0.2) is 30.1 Å². The summed E-state index contributed by atoms with van der Waals surface area (Å²) >= 11 is 0. The maximum absolute atomic E-state index is 3.77. The molecule has 1 aromatic carbocycles. The summed E-state index contributed by atoms with van der Waals surface area (Å²) in [5, 5.41) is 3.77. The first-order chi connectivity index (χ1) is 8.36. The van der Waals surface area contributed by atoms with E-state index in [0.29, 0.717) is 5.54 Å². The third-order valence-corrected chi connectivity index (χ3v) is 4.26. The summed E-state index contributed by atoms with van der Waals surface area (Å²) in [4.78, 5) is 2.60. The van der Waals surface area contributed by atoms with Crippen molar-refractivity contribution < 1.29 is 0 Å². The van der Waals surface area contributed by atoms with Crippen molar-refractivity contribution in [2.24, 2.45) is 0 Å². The van der Waals surface area contributed by atoms with Crippen molar-refractivity contribution in [3.8, 4) is 0 Å². The van der Waals surface area contributed by atoms with Crippen LogP contribution in [0.5, 0.6) is 0 Å². The molecule has 0 saturated carbocycles. The molecule has 1 aromatic rings. The molecule has 2 aliphatic rings. The van der Waals surface area contributed by atoms with Crippen LogP contribution in [0.15, 0.2) is 30.3 Å². The molecule has 3 rings (SSSR count). The van der Waals surface area contributed by atoms with Gasteiger partial charge in [-0.2, -0.15) is 0 Å². The SMILES string of the molecule is c1ccc(CN2CC[C@]3(CCCCN3)C2)cc1. The minimum atomic E-state index is 0.451. The van der Waals surface area contributed by atoms with E-state index in [-0.39, 0.29) is 0 Å². The number of nitrogens with zero attached hydrogens (tertiary/aromatic N) is 1. The highest BCUT2D eigenvalue weighted by Gasteiger charge is 2.38. The topological polar surface area (TPSA) is 15.3 Å². The molecule has 2 nitrogen and oxygen atoms in total. The van der Waals surface area contributed by atoms with E-state index >= 15 is 0 Å². The molecule has 0 bridgehead atoms. The standard InChI is InChI=1S/C15H22N2/c1-2-6-14(7-3-1)12-17-11-9-15(13-17)8-4-5-10-16-15/h1-3,6-7,16H,4-5,8-13H2/t15-/m1/s1. The van der Waals surface area contributed by atoms with Gasteiger partial charge in [0, 0.05) is 25.2 Å². The molecule has 1 N–H and O–H groups in total. The zero-order valence-corrected chi connectivity index (χ0v) is 10.5. The lowest BCUT2D eigenvalue weighted by molar-refractivity contribution is 0.234. The van der Waals surface area contributed by atoms with Gasteiger partial charge in [0.1, 0.15) is 0 Å². The van der Waals surface area contributed by atoms with Gasteiger partial charge in [-0.1, -0.05) is 36.8 Å². The van der Waals surface area contributed by atoms with Gasteiger partial charge >= 0.3 is 0 Å². The van der Waals surface area contributed by atoms with Crippen molar-refractivity contribution in [3.05, 3.63) is 35.9 Å². The Balaban J connectivity index is 1.60. The average Bonchev–Trinajstić information content (AvgIpc) is 2.74. The largest absolute Gasteiger partial charge is 0.310 e. The monoisotopic (exact) mass is 230 g/mol. The van der Waals surface area contributed by atoms with Gasteiger partial charge in [0.15, 0.2) is 0 Å². The summed E-state index contributed by atoms with van der Waals surface area (Å²) < 4.78 is 0. The maximum Gasteiger partial charge on any atom is 0.0321 e. The first kappa shape index (κ1) is 11.2. The first-order valence-electron chi connectivity index (χ1n) is 6.88. The van der Waals surface area contributed by atoms with E-state index in [0.717, 1.165) is 6.54 Å². The van der Waals surface area contributed by atoms with Crippen molar-refractivity contribution in [2.75, 3.05) is 19.6 Å². The molecule has 1 atom stereocenters. The van der Waals surface area contributed by atoms with Gasteiger partial charge in [-0.15, -0.1) is 0 Å². The van der Waals surface area contributed by atoms with Gasteiger partial charge in [0.25, 0.3) is 0 Å². The predicted molar refractivity (Wildman–Crippen MR) is 70.9 cm³/mol. The fourth-order valence-corrected chi connectivity index (χ4v) is 3.31. The van der Waals surface area contributed by atoms with Crippen LogP contribution in [-0.2, 0) is 6.54 Å². The Morgan fingerprint density at radius 3 is 2.76 bits per heavy atom.